The van der Waals surface area contributed by atoms with Crippen molar-refractivity contribution >= 4 is 22.8 Å². The molecule has 0 radical (unpaired) electrons. The zero-order valence-electron chi connectivity index (χ0n) is 15.0. The third kappa shape index (κ3) is 3.84. The Morgan fingerprint density at radius 2 is 1.78 bits per heavy atom. The second-order valence-corrected chi connectivity index (χ2v) is 6.45. The second-order valence-electron chi connectivity index (χ2n) is 6.45. The van der Waals surface area contributed by atoms with Gasteiger partial charge in [-0.05, 0) is 32.3 Å². The zero-order valence-corrected chi connectivity index (χ0v) is 15.0. The van der Waals surface area contributed by atoms with Crippen LogP contribution in [0.25, 0.3) is 10.9 Å². The molecule has 0 unspecified atom stereocenters. The van der Waals surface area contributed by atoms with Crippen molar-refractivity contribution in [3.8, 4) is 0 Å². The summed E-state index contributed by atoms with van der Waals surface area (Å²) >= 11 is 0. The summed E-state index contributed by atoms with van der Waals surface area (Å²) in [6.07, 6.45) is 4.05. The lowest BCUT2D eigenvalue weighted by Crippen LogP contribution is -2.38. The third-order valence-corrected chi connectivity index (χ3v) is 4.63. The summed E-state index contributed by atoms with van der Waals surface area (Å²) in [7, 11) is 0. The van der Waals surface area contributed by atoms with Crippen LogP contribution in [0.15, 0.2) is 23.1 Å². The van der Waals surface area contributed by atoms with Gasteiger partial charge in [0, 0.05) is 30.7 Å². The summed E-state index contributed by atoms with van der Waals surface area (Å²) in [5.41, 5.74) is -1.02. The number of hydrogen-bond donors (Lipinski definition) is 0. The van der Waals surface area contributed by atoms with Crippen LogP contribution in [0, 0.1) is 11.6 Å². The highest BCUT2D eigenvalue weighted by Crippen LogP contribution is 2.18. The normalized spacial score (nSPS) is 14.4. The van der Waals surface area contributed by atoms with Gasteiger partial charge >= 0.3 is 5.97 Å². The van der Waals surface area contributed by atoms with Crippen LogP contribution in [-0.2, 0) is 16.1 Å². The quantitative estimate of drug-likeness (QED) is 0.767. The molecule has 1 fully saturated rings. The molecule has 1 amide bonds. The van der Waals surface area contributed by atoms with E-state index in [0.29, 0.717) is 13.1 Å². The fraction of sp³-hybridized carbons (Fsp3) is 0.421. The van der Waals surface area contributed by atoms with Crippen molar-refractivity contribution in [2.75, 3.05) is 19.7 Å². The number of benzene rings is 1. The van der Waals surface area contributed by atoms with E-state index in [1.165, 1.54) is 10.8 Å². The minimum Gasteiger partial charge on any atom is -0.462 e. The molecular weight excluding hydrogens is 358 g/mol. The fourth-order valence-corrected chi connectivity index (χ4v) is 3.26. The number of piperidine rings is 1. The van der Waals surface area contributed by atoms with Gasteiger partial charge in [-0.3, -0.25) is 9.59 Å². The number of nitrogens with zero attached hydrogens (tertiary/aromatic N) is 2. The molecule has 1 saturated heterocycles. The summed E-state index contributed by atoms with van der Waals surface area (Å²) in [5, 5.41) is -0.175. The Bertz CT molecular complexity index is 949. The van der Waals surface area contributed by atoms with Crippen LogP contribution < -0.4 is 5.43 Å². The van der Waals surface area contributed by atoms with Crippen LogP contribution in [0.4, 0.5) is 8.78 Å². The van der Waals surface area contributed by atoms with E-state index in [1.54, 1.807) is 11.8 Å². The third-order valence-electron chi connectivity index (χ3n) is 4.63. The van der Waals surface area contributed by atoms with Crippen LogP contribution in [0.3, 0.4) is 0 Å². The Balaban J connectivity index is 2.09. The van der Waals surface area contributed by atoms with Gasteiger partial charge in [0.2, 0.25) is 11.3 Å². The molecule has 1 aromatic carbocycles. The van der Waals surface area contributed by atoms with Gasteiger partial charge in [0.15, 0.2) is 11.6 Å². The molecular formula is C19H20F2N2O4. The molecule has 8 heteroatoms. The van der Waals surface area contributed by atoms with Gasteiger partial charge < -0.3 is 14.2 Å². The van der Waals surface area contributed by atoms with Crippen molar-refractivity contribution in [1.82, 2.24) is 9.47 Å². The topological polar surface area (TPSA) is 68.6 Å². The highest BCUT2D eigenvalue weighted by Gasteiger charge is 2.22. The SMILES string of the molecule is CCOC(=O)c1cn(CC(=O)N2CCCCC2)c2cc(F)c(F)cc2c1=O. The summed E-state index contributed by atoms with van der Waals surface area (Å²) in [4.78, 5) is 38.9. The minimum atomic E-state index is -1.20. The maximum absolute atomic E-state index is 13.8. The highest BCUT2D eigenvalue weighted by atomic mass is 19.2. The summed E-state index contributed by atoms with van der Waals surface area (Å²) in [5.74, 6) is -3.41. The van der Waals surface area contributed by atoms with Crippen LogP contribution in [0.2, 0.25) is 0 Å². The van der Waals surface area contributed by atoms with Crippen LogP contribution in [-0.4, -0.2) is 41.0 Å². The largest absolute Gasteiger partial charge is 0.462 e. The number of rotatable bonds is 4. The Labute approximate surface area is 154 Å². The monoisotopic (exact) mass is 378 g/mol. The van der Waals surface area contributed by atoms with E-state index in [4.69, 9.17) is 4.74 Å². The lowest BCUT2D eigenvalue weighted by atomic mass is 10.1. The van der Waals surface area contributed by atoms with Gasteiger partial charge in [-0.15, -0.1) is 0 Å². The highest BCUT2D eigenvalue weighted by molar-refractivity contribution is 5.94. The van der Waals surface area contributed by atoms with Crippen molar-refractivity contribution in [2.24, 2.45) is 0 Å². The summed E-state index contributed by atoms with van der Waals surface area (Å²) < 4.78 is 33.6. The molecule has 3 rings (SSSR count). The number of ether oxygens (including phenoxy) is 1. The number of esters is 1. The summed E-state index contributed by atoms with van der Waals surface area (Å²) in [6, 6.07) is 1.61. The van der Waals surface area contributed by atoms with E-state index in [1.807, 2.05) is 0 Å². The van der Waals surface area contributed by atoms with Gasteiger partial charge in [0.1, 0.15) is 12.1 Å². The van der Waals surface area contributed by atoms with Crippen molar-refractivity contribution in [1.29, 1.82) is 0 Å². The van der Waals surface area contributed by atoms with E-state index in [-0.39, 0.29) is 35.5 Å². The van der Waals surface area contributed by atoms with Gasteiger partial charge in [-0.1, -0.05) is 0 Å². The number of likely N-dealkylation sites (tertiary alicyclic amines) is 1. The molecule has 2 aromatic rings. The zero-order chi connectivity index (χ0) is 19.6. The van der Waals surface area contributed by atoms with Crippen LogP contribution >= 0.6 is 0 Å². The predicted octanol–water partition coefficient (Wildman–Crippen LogP) is 2.47. The number of fused-ring (bicyclic) bond motifs is 1. The Kier molecular flexibility index (Phi) is 5.53. The molecule has 1 aromatic heterocycles. The van der Waals surface area contributed by atoms with Crippen LogP contribution in [0.1, 0.15) is 36.5 Å². The Hall–Kier alpha value is -2.77. The van der Waals surface area contributed by atoms with Crippen molar-refractivity contribution in [3.63, 3.8) is 0 Å². The average Bonchev–Trinajstić information content (AvgIpc) is 2.66. The molecule has 0 saturated carbocycles. The van der Waals surface area contributed by atoms with Crippen molar-refractivity contribution < 1.29 is 23.1 Å². The first-order valence-corrected chi connectivity index (χ1v) is 8.89. The maximum Gasteiger partial charge on any atom is 0.343 e. The molecule has 144 valence electrons. The molecule has 0 N–H and O–H groups in total. The number of halogens is 2. The van der Waals surface area contributed by atoms with Gasteiger partial charge in [-0.25, -0.2) is 13.6 Å². The molecule has 0 bridgehead atoms. The molecule has 0 spiro atoms. The summed E-state index contributed by atoms with van der Waals surface area (Å²) in [6.45, 7) is 2.72. The van der Waals surface area contributed by atoms with Crippen molar-refractivity contribution in [3.05, 3.63) is 45.8 Å². The lowest BCUT2D eigenvalue weighted by Gasteiger charge is -2.27. The Morgan fingerprint density at radius 3 is 2.44 bits per heavy atom. The van der Waals surface area contributed by atoms with E-state index < -0.39 is 23.0 Å². The first-order chi connectivity index (χ1) is 12.9. The van der Waals surface area contributed by atoms with Crippen LogP contribution in [0.5, 0.6) is 0 Å². The number of pyridine rings is 1. The van der Waals surface area contributed by atoms with Gasteiger partial charge in [0.25, 0.3) is 0 Å². The van der Waals surface area contributed by atoms with E-state index >= 15 is 0 Å². The lowest BCUT2D eigenvalue weighted by molar-refractivity contribution is -0.132. The Morgan fingerprint density at radius 1 is 1.11 bits per heavy atom. The second kappa shape index (κ2) is 7.85. The fourth-order valence-electron chi connectivity index (χ4n) is 3.26. The standard InChI is InChI=1S/C19H20F2N2O4/c1-2-27-19(26)13-10-23(11-17(24)22-6-4-3-5-7-22)16-9-15(21)14(20)8-12(16)18(13)25/h8-10H,2-7,11H2,1H3. The van der Waals surface area contributed by atoms with Gasteiger partial charge in [-0.2, -0.15) is 0 Å². The molecule has 0 atom stereocenters. The number of carbonyl (C=O) groups is 2. The first kappa shape index (κ1) is 19.0. The predicted molar refractivity (Wildman–Crippen MR) is 94.5 cm³/mol. The van der Waals surface area contributed by atoms with Gasteiger partial charge in [0.05, 0.1) is 12.1 Å². The number of amides is 1. The molecule has 2 heterocycles. The first-order valence-electron chi connectivity index (χ1n) is 8.89. The van der Waals surface area contributed by atoms with E-state index in [9.17, 15) is 23.2 Å². The number of aromatic nitrogens is 1. The van der Waals surface area contributed by atoms with E-state index in [2.05, 4.69) is 0 Å². The average molecular weight is 378 g/mol. The van der Waals surface area contributed by atoms with E-state index in [0.717, 1.165) is 31.4 Å². The minimum absolute atomic E-state index is 0.0531. The number of hydrogen-bond acceptors (Lipinski definition) is 4. The molecule has 27 heavy (non-hydrogen) atoms. The van der Waals surface area contributed by atoms with Crippen molar-refractivity contribution in [2.45, 2.75) is 32.7 Å². The smallest absolute Gasteiger partial charge is 0.343 e. The number of carbonyl (C=O) groups excluding carboxylic acids is 2. The maximum atomic E-state index is 13.8. The molecule has 1 aliphatic rings. The molecule has 1 aliphatic heterocycles. The molecule has 6 nitrogen and oxygen atoms in total. The molecule has 0 aliphatic carbocycles.